The van der Waals surface area contributed by atoms with Gasteiger partial charge < -0.3 is 20.5 Å². The minimum Gasteiger partial charge on any atom is -0.480 e. The number of hydrogen-bond acceptors (Lipinski definition) is 4. The summed E-state index contributed by atoms with van der Waals surface area (Å²) in [6.07, 6.45) is -2.31. The Labute approximate surface area is 201 Å². The Morgan fingerprint density at radius 3 is 2.23 bits per heavy atom. The molecule has 0 aromatic heterocycles. The van der Waals surface area contributed by atoms with Crippen LogP contribution in [0.15, 0.2) is 48.5 Å². The second-order valence-corrected chi connectivity index (χ2v) is 9.06. The van der Waals surface area contributed by atoms with Crippen LogP contribution in [0.1, 0.15) is 49.1 Å². The number of alkyl carbamates (subject to hydrolysis) is 1. The first-order chi connectivity index (χ1) is 16.8. The second kappa shape index (κ2) is 10.8. The van der Waals surface area contributed by atoms with Crippen LogP contribution in [0.25, 0.3) is 11.1 Å². The van der Waals surface area contributed by atoms with Crippen molar-refractivity contribution >= 4 is 18.0 Å². The van der Waals surface area contributed by atoms with E-state index in [9.17, 15) is 23.2 Å². The van der Waals surface area contributed by atoms with Crippen LogP contribution in [0, 0.1) is 5.92 Å². The van der Waals surface area contributed by atoms with Gasteiger partial charge in [0.05, 0.1) is 0 Å². The molecular weight excluding hydrogens is 458 g/mol. The highest BCUT2D eigenvalue weighted by Crippen LogP contribution is 2.44. The summed E-state index contributed by atoms with van der Waals surface area (Å²) in [6.45, 7) is 0.171. The number of carboxylic acid groups (broad SMARTS) is 1. The van der Waals surface area contributed by atoms with Crippen LogP contribution in [-0.2, 0) is 14.3 Å². The van der Waals surface area contributed by atoms with Gasteiger partial charge >= 0.3 is 12.1 Å². The number of hydrogen-bond donors (Lipinski definition) is 3. The van der Waals surface area contributed by atoms with Crippen LogP contribution >= 0.6 is 0 Å². The molecular formula is C26H28F2N2O5. The number of aliphatic carboxylic acids is 1. The molecule has 186 valence electrons. The van der Waals surface area contributed by atoms with E-state index in [4.69, 9.17) is 9.84 Å². The Bertz CT molecular complexity index is 1050. The van der Waals surface area contributed by atoms with Crippen molar-refractivity contribution in [3.63, 3.8) is 0 Å². The van der Waals surface area contributed by atoms with Crippen molar-refractivity contribution in [3.8, 4) is 11.1 Å². The molecule has 0 radical (unpaired) electrons. The highest BCUT2D eigenvalue weighted by Gasteiger charge is 2.33. The van der Waals surface area contributed by atoms with Gasteiger partial charge in [-0.2, -0.15) is 0 Å². The van der Waals surface area contributed by atoms with Crippen LogP contribution in [0.5, 0.6) is 0 Å². The topological polar surface area (TPSA) is 105 Å². The van der Waals surface area contributed by atoms with Gasteiger partial charge in [-0.15, -0.1) is 0 Å². The van der Waals surface area contributed by atoms with E-state index >= 15 is 0 Å². The van der Waals surface area contributed by atoms with Crippen LogP contribution < -0.4 is 10.6 Å². The van der Waals surface area contributed by atoms with E-state index < -0.39 is 42.8 Å². The van der Waals surface area contributed by atoms with Gasteiger partial charge in [-0.05, 0) is 41.5 Å². The molecule has 0 heterocycles. The predicted molar refractivity (Wildman–Crippen MR) is 124 cm³/mol. The van der Waals surface area contributed by atoms with E-state index in [1.165, 1.54) is 0 Å². The quantitative estimate of drug-likeness (QED) is 0.516. The summed E-state index contributed by atoms with van der Waals surface area (Å²) in [4.78, 5) is 36.2. The van der Waals surface area contributed by atoms with E-state index in [0.717, 1.165) is 22.3 Å². The highest BCUT2D eigenvalue weighted by atomic mass is 19.3. The lowest BCUT2D eigenvalue weighted by Gasteiger charge is -2.29. The molecule has 0 bridgehead atoms. The maximum atomic E-state index is 12.6. The van der Waals surface area contributed by atoms with E-state index in [-0.39, 0.29) is 25.0 Å². The summed E-state index contributed by atoms with van der Waals surface area (Å²) in [7, 11) is 0. The van der Waals surface area contributed by atoms with Gasteiger partial charge in [-0.3, -0.25) is 4.79 Å². The highest BCUT2D eigenvalue weighted by molar-refractivity contribution is 5.85. The van der Waals surface area contributed by atoms with Crippen LogP contribution in [0.4, 0.5) is 13.6 Å². The molecule has 7 nitrogen and oxygen atoms in total. The monoisotopic (exact) mass is 486 g/mol. The number of benzene rings is 2. The Morgan fingerprint density at radius 2 is 1.63 bits per heavy atom. The van der Waals surface area contributed by atoms with Crippen molar-refractivity contribution in [3.05, 3.63) is 59.7 Å². The molecule has 1 fully saturated rings. The van der Waals surface area contributed by atoms with Gasteiger partial charge in [0.2, 0.25) is 12.3 Å². The SMILES string of the molecule is O=C(N[C@H]1CCC[C@@H](C(=O)NC(CC(F)F)C(=O)O)C1)OCC1c2ccccc2-c2ccccc21. The molecule has 2 aliphatic carbocycles. The van der Waals surface area contributed by atoms with Gasteiger partial charge in [0.1, 0.15) is 12.6 Å². The van der Waals surface area contributed by atoms with Gasteiger partial charge in [0.25, 0.3) is 0 Å². The molecule has 0 saturated heterocycles. The van der Waals surface area contributed by atoms with Crippen molar-refractivity contribution in [2.24, 2.45) is 5.92 Å². The van der Waals surface area contributed by atoms with Crippen molar-refractivity contribution < 1.29 is 33.0 Å². The maximum Gasteiger partial charge on any atom is 0.407 e. The summed E-state index contributed by atoms with van der Waals surface area (Å²) in [5.41, 5.74) is 4.47. The third-order valence-electron chi connectivity index (χ3n) is 6.74. The van der Waals surface area contributed by atoms with Crippen molar-refractivity contribution in [2.45, 2.75) is 56.5 Å². The largest absolute Gasteiger partial charge is 0.480 e. The predicted octanol–water partition coefficient (Wildman–Crippen LogP) is 4.31. The fourth-order valence-electron chi connectivity index (χ4n) is 5.05. The van der Waals surface area contributed by atoms with Gasteiger partial charge in [0.15, 0.2) is 0 Å². The summed E-state index contributed by atoms with van der Waals surface area (Å²) in [5.74, 6) is -2.72. The normalized spacial score (nSPS) is 20.0. The van der Waals surface area contributed by atoms with E-state index in [1.807, 2.05) is 36.4 Å². The first-order valence-electron chi connectivity index (χ1n) is 11.8. The number of nitrogens with one attached hydrogen (secondary N) is 2. The zero-order valence-corrected chi connectivity index (χ0v) is 19.1. The van der Waals surface area contributed by atoms with Crippen molar-refractivity contribution in [1.29, 1.82) is 0 Å². The average Bonchev–Trinajstić information content (AvgIpc) is 3.16. The molecule has 0 spiro atoms. The average molecular weight is 487 g/mol. The van der Waals surface area contributed by atoms with Crippen molar-refractivity contribution in [2.75, 3.05) is 6.61 Å². The van der Waals surface area contributed by atoms with Crippen LogP contribution in [0.3, 0.4) is 0 Å². The van der Waals surface area contributed by atoms with Gasteiger partial charge in [-0.1, -0.05) is 55.0 Å². The maximum absolute atomic E-state index is 12.6. The Kier molecular flexibility index (Phi) is 7.63. The van der Waals surface area contributed by atoms with Gasteiger partial charge in [0, 0.05) is 24.3 Å². The summed E-state index contributed by atoms with van der Waals surface area (Å²) >= 11 is 0. The number of alkyl halides is 2. The zero-order chi connectivity index (χ0) is 24.9. The first kappa shape index (κ1) is 24.6. The molecule has 1 saturated carbocycles. The number of rotatable bonds is 8. The van der Waals surface area contributed by atoms with E-state index in [2.05, 4.69) is 22.8 Å². The Morgan fingerprint density at radius 1 is 1.00 bits per heavy atom. The van der Waals surface area contributed by atoms with Crippen molar-refractivity contribution in [1.82, 2.24) is 10.6 Å². The fraction of sp³-hybridized carbons (Fsp3) is 0.423. The van der Waals surface area contributed by atoms with E-state index in [0.29, 0.717) is 19.3 Å². The molecule has 9 heteroatoms. The number of carbonyl (C=O) groups is 3. The third kappa shape index (κ3) is 5.78. The molecule has 2 aliphatic rings. The number of fused-ring (bicyclic) bond motifs is 3. The molecule has 1 unspecified atom stereocenters. The molecule has 3 N–H and O–H groups in total. The summed E-state index contributed by atoms with van der Waals surface area (Å²) < 4.78 is 30.8. The van der Waals surface area contributed by atoms with E-state index in [1.54, 1.807) is 0 Å². The van der Waals surface area contributed by atoms with Crippen LogP contribution in [-0.4, -0.2) is 48.2 Å². The summed E-state index contributed by atoms with van der Waals surface area (Å²) in [5, 5.41) is 14.1. The molecule has 4 rings (SSSR count). The number of ether oxygens (including phenoxy) is 1. The standard InChI is InChI=1S/C26H28F2N2O5/c27-23(28)13-22(25(32)33)30-24(31)15-6-5-7-16(12-15)29-26(34)35-14-21-19-10-3-1-8-17(19)18-9-2-4-11-20(18)21/h1-4,8-11,15-16,21-23H,5-7,12-14H2,(H,29,34)(H,30,31)(H,32,33)/t15-,16+,22?/m1/s1. The second-order valence-electron chi connectivity index (χ2n) is 9.06. The summed E-state index contributed by atoms with van der Waals surface area (Å²) in [6, 6.07) is 14.1. The lowest BCUT2D eigenvalue weighted by molar-refractivity contribution is -0.143. The molecule has 2 aromatic rings. The molecule has 0 aliphatic heterocycles. The minimum atomic E-state index is -2.84. The van der Waals surface area contributed by atoms with Gasteiger partial charge in [-0.25, -0.2) is 18.4 Å². The molecule has 2 aromatic carbocycles. The Balaban J connectivity index is 1.31. The number of carbonyl (C=O) groups excluding carboxylic acids is 2. The smallest absolute Gasteiger partial charge is 0.407 e. The fourth-order valence-corrected chi connectivity index (χ4v) is 5.05. The lowest BCUT2D eigenvalue weighted by atomic mass is 9.85. The zero-order valence-electron chi connectivity index (χ0n) is 19.1. The minimum absolute atomic E-state index is 0.0687. The lowest BCUT2D eigenvalue weighted by Crippen LogP contribution is -2.47. The number of carboxylic acids is 1. The number of halogens is 2. The third-order valence-corrected chi connectivity index (χ3v) is 6.74. The molecule has 35 heavy (non-hydrogen) atoms. The number of amides is 2. The molecule has 2 amide bonds. The Hall–Kier alpha value is -3.49. The molecule has 3 atom stereocenters. The van der Waals surface area contributed by atoms with Crippen LogP contribution in [0.2, 0.25) is 0 Å². The first-order valence-corrected chi connectivity index (χ1v) is 11.8.